The molecule has 30 heavy (non-hydrogen) atoms. The average Bonchev–Trinajstić information content (AvgIpc) is 3.08. The van der Waals surface area contributed by atoms with E-state index >= 15 is 0 Å². The Hall–Kier alpha value is -3.21. The van der Waals surface area contributed by atoms with Gasteiger partial charge in [0, 0.05) is 24.3 Å². The van der Waals surface area contributed by atoms with Gasteiger partial charge in [-0.3, -0.25) is 4.79 Å². The minimum absolute atomic E-state index is 0.121. The number of hydrogen-bond acceptors (Lipinski definition) is 6. The molecular formula is C19H16F3N3O4S. The number of amides is 1. The third kappa shape index (κ3) is 5.03. The molecule has 0 aliphatic heterocycles. The number of para-hydroxylation sites is 1. The van der Waals surface area contributed by atoms with E-state index in [-0.39, 0.29) is 22.9 Å². The Kier molecular flexibility index (Phi) is 6.50. The van der Waals surface area contributed by atoms with Crippen molar-refractivity contribution >= 4 is 23.4 Å². The van der Waals surface area contributed by atoms with Crippen LogP contribution in [0.5, 0.6) is 11.7 Å². The van der Waals surface area contributed by atoms with Crippen LogP contribution in [0.1, 0.15) is 12.0 Å². The lowest BCUT2D eigenvalue weighted by Gasteiger charge is -2.13. The molecule has 2 aromatic carbocycles. The van der Waals surface area contributed by atoms with Gasteiger partial charge in [-0.05, 0) is 28.9 Å². The Balaban J connectivity index is 1.64. The van der Waals surface area contributed by atoms with Crippen LogP contribution in [0.15, 0.2) is 58.1 Å². The molecule has 0 aliphatic carbocycles. The lowest BCUT2D eigenvalue weighted by Crippen LogP contribution is -2.34. The number of thioether (sulfide) groups is 1. The number of ether oxygens (including phenoxy) is 1. The fraction of sp³-hybridized carbons (Fsp3) is 0.211. The van der Waals surface area contributed by atoms with Crippen LogP contribution in [0.4, 0.5) is 18.9 Å². The minimum Gasteiger partial charge on any atom is -0.538 e. The molecule has 1 aromatic heterocycles. The molecule has 158 valence electrons. The summed E-state index contributed by atoms with van der Waals surface area (Å²) < 4.78 is 50.1. The van der Waals surface area contributed by atoms with Crippen molar-refractivity contribution in [3.63, 3.8) is 0 Å². The highest BCUT2D eigenvalue weighted by Crippen LogP contribution is 2.34. The van der Waals surface area contributed by atoms with Crippen LogP contribution in [0.2, 0.25) is 0 Å². The maximum absolute atomic E-state index is 13.0. The lowest BCUT2D eigenvalue weighted by molar-refractivity contribution is -0.705. The fourth-order valence-corrected chi connectivity index (χ4v) is 3.44. The summed E-state index contributed by atoms with van der Waals surface area (Å²) in [5.41, 5.74) is -0.695. The van der Waals surface area contributed by atoms with Gasteiger partial charge in [0.15, 0.2) is 5.95 Å². The van der Waals surface area contributed by atoms with Crippen molar-refractivity contribution in [1.82, 2.24) is 5.27 Å². The van der Waals surface area contributed by atoms with Gasteiger partial charge in [-0.1, -0.05) is 23.9 Å². The number of nitrogens with zero attached hydrogens (tertiary/aromatic N) is 2. The van der Waals surface area contributed by atoms with Crippen LogP contribution >= 0.6 is 11.8 Å². The van der Waals surface area contributed by atoms with E-state index in [1.807, 2.05) is 0 Å². The van der Waals surface area contributed by atoms with E-state index in [9.17, 15) is 23.1 Å². The second-order valence-corrected chi connectivity index (χ2v) is 7.05. The van der Waals surface area contributed by atoms with Gasteiger partial charge in [0.05, 0.1) is 23.6 Å². The second-order valence-electron chi connectivity index (χ2n) is 5.97. The SMILES string of the molecule is COc1ccc(-[n+]2noc([O-])c2SCCC(=O)Nc2ccccc2C(F)(F)F)cc1. The highest BCUT2D eigenvalue weighted by atomic mass is 32.2. The first kappa shape index (κ1) is 21.5. The van der Waals surface area contributed by atoms with Crippen molar-refractivity contribution in [3.8, 4) is 17.4 Å². The summed E-state index contributed by atoms with van der Waals surface area (Å²) >= 11 is 1.01. The molecule has 0 fully saturated rings. The molecule has 0 radical (unpaired) electrons. The predicted molar refractivity (Wildman–Crippen MR) is 99.4 cm³/mol. The van der Waals surface area contributed by atoms with Gasteiger partial charge >= 0.3 is 6.18 Å². The molecule has 3 aromatic rings. The molecule has 11 heteroatoms. The highest BCUT2D eigenvalue weighted by molar-refractivity contribution is 7.99. The number of alkyl halides is 3. The number of rotatable bonds is 7. The summed E-state index contributed by atoms with van der Waals surface area (Å²) in [5.74, 6) is -0.542. The van der Waals surface area contributed by atoms with Crippen molar-refractivity contribution in [3.05, 3.63) is 54.1 Å². The number of halogens is 3. The molecule has 0 aliphatic rings. The average molecular weight is 439 g/mol. The van der Waals surface area contributed by atoms with E-state index in [1.165, 1.54) is 30.0 Å². The zero-order valence-corrected chi connectivity index (χ0v) is 16.4. The Bertz CT molecular complexity index is 1020. The normalized spacial score (nSPS) is 11.3. The Morgan fingerprint density at radius 1 is 1.23 bits per heavy atom. The fourth-order valence-electron chi connectivity index (χ4n) is 2.54. The number of carbonyl (C=O) groups excluding carboxylic acids is 1. The predicted octanol–water partition coefficient (Wildman–Crippen LogP) is 3.17. The van der Waals surface area contributed by atoms with Crippen molar-refractivity contribution in [2.75, 3.05) is 18.2 Å². The number of benzene rings is 2. The zero-order chi connectivity index (χ0) is 21.7. The summed E-state index contributed by atoms with van der Waals surface area (Å²) in [7, 11) is 1.52. The third-order valence-electron chi connectivity index (χ3n) is 3.96. The maximum atomic E-state index is 13.0. The number of methoxy groups -OCH3 is 1. The quantitative estimate of drug-likeness (QED) is 0.449. The van der Waals surface area contributed by atoms with Crippen molar-refractivity contribution < 1.29 is 37.0 Å². The Labute approximate surface area is 173 Å². The number of nitrogens with one attached hydrogen (secondary N) is 1. The van der Waals surface area contributed by atoms with Crippen LogP contribution < -0.4 is 19.8 Å². The van der Waals surface area contributed by atoms with Crippen LogP contribution in [0, 0.1) is 0 Å². The van der Waals surface area contributed by atoms with Gasteiger partial charge in [0.25, 0.3) is 5.03 Å². The van der Waals surface area contributed by atoms with Gasteiger partial charge in [-0.2, -0.15) is 13.2 Å². The van der Waals surface area contributed by atoms with E-state index in [0.29, 0.717) is 11.4 Å². The first-order valence-corrected chi connectivity index (χ1v) is 9.60. The van der Waals surface area contributed by atoms with Crippen molar-refractivity contribution in [1.29, 1.82) is 0 Å². The molecule has 1 N–H and O–H groups in total. The topological polar surface area (TPSA) is 91.3 Å². The summed E-state index contributed by atoms with van der Waals surface area (Å²) in [6.45, 7) is 0. The molecule has 0 saturated carbocycles. The molecule has 0 unspecified atom stereocenters. The molecule has 0 spiro atoms. The molecule has 1 amide bonds. The van der Waals surface area contributed by atoms with E-state index in [2.05, 4.69) is 10.6 Å². The Morgan fingerprint density at radius 3 is 2.60 bits per heavy atom. The summed E-state index contributed by atoms with van der Waals surface area (Å²) in [6.07, 6.45) is -4.70. The first-order valence-electron chi connectivity index (χ1n) is 8.62. The van der Waals surface area contributed by atoms with Gasteiger partial charge in [0.1, 0.15) is 5.75 Å². The number of carbonyl (C=O) groups is 1. The smallest absolute Gasteiger partial charge is 0.418 e. The van der Waals surface area contributed by atoms with Gasteiger partial charge in [-0.15, -0.1) is 0 Å². The van der Waals surface area contributed by atoms with E-state index in [0.717, 1.165) is 17.8 Å². The number of anilines is 1. The lowest BCUT2D eigenvalue weighted by atomic mass is 10.1. The van der Waals surface area contributed by atoms with Gasteiger partial charge in [0.2, 0.25) is 11.6 Å². The third-order valence-corrected chi connectivity index (χ3v) is 4.99. The van der Waals surface area contributed by atoms with E-state index in [1.54, 1.807) is 24.3 Å². The molecule has 7 nitrogen and oxygen atoms in total. The minimum atomic E-state index is -4.58. The zero-order valence-electron chi connectivity index (χ0n) is 15.6. The molecule has 0 saturated heterocycles. The van der Waals surface area contributed by atoms with Crippen LogP contribution in [-0.2, 0) is 11.0 Å². The summed E-state index contributed by atoms with van der Waals surface area (Å²) in [6, 6.07) is 11.4. The van der Waals surface area contributed by atoms with Crippen LogP contribution in [0.25, 0.3) is 5.69 Å². The van der Waals surface area contributed by atoms with Crippen molar-refractivity contribution in [2.45, 2.75) is 17.6 Å². The molecule has 0 bridgehead atoms. The van der Waals surface area contributed by atoms with E-state index < -0.39 is 23.6 Å². The van der Waals surface area contributed by atoms with Crippen molar-refractivity contribution in [2.24, 2.45) is 0 Å². The monoisotopic (exact) mass is 439 g/mol. The van der Waals surface area contributed by atoms with Gasteiger partial charge < -0.3 is 19.7 Å². The highest BCUT2D eigenvalue weighted by Gasteiger charge is 2.33. The molecular weight excluding hydrogens is 423 g/mol. The molecule has 0 atom stereocenters. The van der Waals surface area contributed by atoms with E-state index in [4.69, 9.17) is 9.26 Å². The van der Waals surface area contributed by atoms with Crippen LogP contribution in [-0.4, -0.2) is 24.0 Å². The van der Waals surface area contributed by atoms with Gasteiger partial charge in [-0.25, -0.2) is 0 Å². The standard InChI is InChI=1S/C19H16F3N3O4S/c1-28-13-8-6-12(7-9-13)25-17(18(27)29-24-25)30-11-10-16(26)23-15-5-3-2-4-14(15)19(20,21)22/h2-9H,10-11H2,1H3,(H-,23,24,26,27). The number of aromatic nitrogens is 2. The molecule has 1 heterocycles. The first-order chi connectivity index (χ1) is 14.3. The summed E-state index contributed by atoms with van der Waals surface area (Å²) in [5, 5.41) is 18.0. The second kappa shape index (κ2) is 9.08. The number of hydrogen-bond donors (Lipinski definition) is 1. The molecule has 3 rings (SSSR count). The largest absolute Gasteiger partial charge is 0.538 e. The Morgan fingerprint density at radius 2 is 1.93 bits per heavy atom. The maximum Gasteiger partial charge on any atom is 0.418 e. The van der Waals surface area contributed by atoms with Crippen LogP contribution in [0.3, 0.4) is 0 Å². The summed E-state index contributed by atoms with van der Waals surface area (Å²) in [4.78, 5) is 12.1.